The van der Waals surface area contributed by atoms with Gasteiger partial charge in [0.25, 0.3) is 0 Å². The maximum atomic E-state index is 13.2. The molecular formula is C20H24N4O. The fourth-order valence-electron chi connectivity index (χ4n) is 4.07. The number of para-hydroxylation sites is 1. The van der Waals surface area contributed by atoms with Gasteiger partial charge in [-0.1, -0.05) is 18.2 Å². The van der Waals surface area contributed by atoms with Crippen molar-refractivity contribution < 1.29 is 4.79 Å². The highest BCUT2D eigenvalue weighted by molar-refractivity contribution is 5.97. The van der Waals surface area contributed by atoms with Crippen molar-refractivity contribution in [3.05, 3.63) is 47.8 Å². The minimum atomic E-state index is 0.102. The molecule has 0 N–H and O–H groups in total. The normalized spacial score (nSPS) is 18.1. The number of nitrogens with zero attached hydrogens (tertiary/aromatic N) is 4. The van der Waals surface area contributed by atoms with E-state index in [0.29, 0.717) is 5.91 Å². The number of benzene rings is 1. The van der Waals surface area contributed by atoms with Crippen LogP contribution in [0, 0.1) is 12.8 Å². The second-order valence-corrected chi connectivity index (χ2v) is 6.99. The number of aromatic nitrogens is 2. The Morgan fingerprint density at radius 2 is 1.84 bits per heavy atom. The monoisotopic (exact) mass is 336 g/mol. The maximum absolute atomic E-state index is 13.2. The zero-order valence-corrected chi connectivity index (χ0v) is 14.7. The SMILES string of the molecule is Cc1cccc2c1N(C(=O)C1CCN(c3ncccn3)CC1)CCC2. The van der Waals surface area contributed by atoms with Crippen molar-refractivity contribution >= 4 is 17.5 Å². The zero-order chi connectivity index (χ0) is 17.2. The zero-order valence-electron chi connectivity index (χ0n) is 14.7. The second kappa shape index (κ2) is 6.82. The van der Waals surface area contributed by atoms with Gasteiger partial charge in [-0.25, -0.2) is 9.97 Å². The highest BCUT2D eigenvalue weighted by atomic mass is 16.2. The molecule has 1 aromatic heterocycles. The summed E-state index contributed by atoms with van der Waals surface area (Å²) in [6.45, 7) is 4.64. The number of hydrogen-bond donors (Lipinski definition) is 0. The smallest absolute Gasteiger partial charge is 0.230 e. The van der Waals surface area contributed by atoms with E-state index >= 15 is 0 Å². The summed E-state index contributed by atoms with van der Waals surface area (Å²) in [5.74, 6) is 1.17. The van der Waals surface area contributed by atoms with E-state index in [9.17, 15) is 4.79 Å². The van der Waals surface area contributed by atoms with Gasteiger partial charge >= 0.3 is 0 Å². The van der Waals surface area contributed by atoms with Crippen molar-refractivity contribution in [2.45, 2.75) is 32.6 Å². The number of hydrogen-bond acceptors (Lipinski definition) is 4. The average molecular weight is 336 g/mol. The highest BCUT2D eigenvalue weighted by Gasteiger charge is 2.32. The molecule has 2 aliphatic rings. The van der Waals surface area contributed by atoms with Gasteiger partial charge in [-0.2, -0.15) is 0 Å². The van der Waals surface area contributed by atoms with Crippen LogP contribution in [0.15, 0.2) is 36.7 Å². The number of amides is 1. The number of aryl methyl sites for hydroxylation is 2. The third kappa shape index (κ3) is 3.11. The third-order valence-corrected chi connectivity index (χ3v) is 5.36. The Kier molecular flexibility index (Phi) is 4.38. The van der Waals surface area contributed by atoms with Gasteiger partial charge in [-0.05, 0) is 49.8 Å². The van der Waals surface area contributed by atoms with E-state index in [0.717, 1.165) is 57.0 Å². The molecule has 0 unspecified atom stereocenters. The van der Waals surface area contributed by atoms with Crippen LogP contribution in [0.2, 0.25) is 0 Å². The molecule has 1 saturated heterocycles. The quantitative estimate of drug-likeness (QED) is 0.846. The van der Waals surface area contributed by atoms with E-state index in [4.69, 9.17) is 0 Å². The Balaban J connectivity index is 1.47. The fourth-order valence-corrected chi connectivity index (χ4v) is 4.07. The number of carbonyl (C=O) groups is 1. The largest absolute Gasteiger partial charge is 0.341 e. The summed E-state index contributed by atoms with van der Waals surface area (Å²) >= 11 is 0. The van der Waals surface area contributed by atoms with Gasteiger partial charge < -0.3 is 9.80 Å². The molecular weight excluding hydrogens is 312 g/mol. The number of carbonyl (C=O) groups excluding carboxylic acids is 1. The summed E-state index contributed by atoms with van der Waals surface area (Å²) in [4.78, 5) is 26.1. The minimum Gasteiger partial charge on any atom is -0.341 e. The Bertz CT molecular complexity index is 754. The molecule has 0 saturated carbocycles. The van der Waals surface area contributed by atoms with Gasteiger partial charge in [-0.3, -0.25) is 4.79 Å². The Labute approximate surface area is 148 Å². The van der Waals surface area contributed by atoms with Crippen LogP contribution in [0.5, 0.6) is 0 Å². The number of piperidine rings is 1. The van der Waals surface area contributed by atoms with Crippen LogP contribution in [-0.4, -0.2) is 35.5 Å². The third-order valence-electron chi connectivity index (χ3n) is 5.36. The lowest BCUT2D eigenvalue weighted by atomic mass is 9.92. The van der Waals surface area contributed by atoms with Crippen LogP contribution in [0.3, 0.4) is 0 Å². The first-order chi connectivity index (χ1) is 12.2. The number of fused-ring (bicyclic) bond motifs is 1. The molecule has 0 radical (unpaired) electrons. The van der Waals surface area contributed by atoms with Crippen molar-refractivity contribution in [2.24, 2.45) is 5.92 Å². The van der Waals surface area contributed by atoms with Crippen molar-refractivity contribution in [1.29, 1.82) is 0 Å². The molecule has 5 heteroatoms. The predicted molar refractivity (Wildman–Crippen MR) is 98.8 cm³/mol. The van der Waals surface area contributed by atoms with Crippen molar-refractivity contribution in [2.75, 3.05) is 29.4 Å². The van der Waals surface area contributed by atoms with Gasteiger partial charge in [0.1, 0.15) is 0 Å². The van der Waals surface area contributed by atoms with E-state index in [1.165, 1.54) is 11.1 Å². The predicted octanol–water partition coefficient (Wildman–Crippen LogP) is 2.98. The summed E-state index contributed by atoms with van der Waals surface area (Å²) in [5, 5.41) is 0. The molecule has 25 heavy (non-hydrogen) atoms. The topological polar surface area (TPSA) is 49.3 Å². The molecule has 1 amide bonds. The molecule has 0 spiro atoms. The summed E-state index contributed by atoms with van der Waals surface area (Å²) in [6.07, 6.45) is 7.41. The van der Waals surface area contributed by atoms with Crippen LogP contribution in [0.4, 0.5) is 11.6 Å². The molecule has 1 fully saturated rings. The van der Waals surface area contributed by atoms with E-state index in [1.54, 1.807) is 12.4 Å². The van der Waals surface area contributed by atoms with Crippen molar-refractivity contribution in [3.63, 3.8) is 0 Å². The van der Waals surface area contributed by atoms with E-state index in [2.05, 4.69) is 40.0 Å². The van der Waals surface area contributed by atoms with Crippen LogP contribution in [0.25, 0.3) is 0 Å². The molecule has 3 heterocycles. The lowest BCUT2D eigenvalue weighted by Gasteiger charge is -2.37. The first kappa shape index (κ1) is 16.1. The molecule has 4 rings (SSSR count). The highest BCUT2D eigenvalue weighted by Crippen LogP contribution is 2.33. The molecule has 0 atom stereocenters. The van der Waals surface area contributed by atoms with Crippen molar-refractivity contribution in [3.8, 4) is 0 Å². The standard InChI is InChI=1S/C20H24N4O/c1-15-5-2-6-16-7-3-12-24(18(15)16)19(25)17-8-13-23(14-9-17)20-21-10-4-11-22-20/h2,4-6,10-11,17H,3,7-9,12-14H2,1H3. The first-order valence-electron chi connectivity index (χ1n) is 9.16. The van der Waals surface area contributed by atoms with Gasteiger partial charge in [0.2, 0.25) is 11.9 Å². The average Bonchev–Trinajstić information content (AvgIpc) is 2.68. The lowest BCUT2D eigenvalue weighted by Crippen LogP contribution is -2.45. The van der Waals surface area contributed by atoms with Gasteiger partial charge in [0, 0.05) is 43.6 Å². The van der Waals surface area contributed by atoms with E-state index in [-0.39, 0.29) is 5.92 Å². The molecule has 5 nitrogen and oxygen atoms in total. The second-order valence-electron chi connectivity index (χ2n) is 6.99. The van der Waals surface area contributed by atoms with Gasteiger partial charge in [0.05, 0.1) is 0 Å². The Morgan fingerprint density at radius 3 is 2.60 bits per heavy atom. The molecule has 0 bridgehead atoms. The molecule has 0 aliphatic carbocycles. The van der Waals surface area contributed by atoms with Crippen LogP contribution in [-0.2, 0) is 11.2 Å². The fraction of sp³-hybridized carbons (Fsp3) is 0.450. The minimum absolute atomic E-state index is 0.102. The summed E-state index contributed by atoms with van der Waals surface area (Å²) in [5.41, 5.74) is 3.68. The molecule has 130 valence electrons. The maximum Gasteiger partial charge on any atom is 0.230 e. The first-order valence-corrected chi connectivity index (χ1v) is 9.16. The number of anilines is 2. The van der Waals surface area contributed by atoms with Crippen LogP contribution < -0.4 is 9.80 Å². The summed E-state index contributed by atoms with van der Waals surface area (Å²) in [6, 6.07) is 8.20. The van der Waals surface area contributed by atoms with Gasteiger partial charge in [0.15, 0.2) is 0 Å². The molecule has 2 aromatic rings. The lowest BCUT2D eigenvalue weighted by molar-refractivity contribution is -0.123. The van der Waals surface area contributed by atoms with Crippen LogP contribution in [0.1, 0.15) is 30.4 Å². The van der Waals surface area contributed by atoms with Gasteiger partial charge in [-0.15, -0.1) is 0 Å². The summed E-state index contributed by atoms with van der Waals surface area (Å²) in [7, 11) is 0. The molecule has 2 aliphatic heterocycles. The Morgan fingerprint density at radius 1 is 1.08 bits per heavy atom. The number of rotatable bonds is 2. The van der Waals surface area contributed by atoms with Crippen LogP contribution >= 0.6 is 0 Å². The Hall–Kier alpha value is -2.43. The molecule has 1 aromatic carbocycles. The van der Waals surface area contributed by atoms with E-state index < -0.39 is 0 Å². The van der Waals surface area contributed by atoms with Crippen molar-refractivity contribution in [1.82, 2.24) is 9.97 Å². The summed E-state index contributed by atoms with van der Waals surface area (Å²) < 4.78 is 0. The van der Waals surface area contributed by atoms with E-state index in [1.807, 2.05) is 11.0 Å².